The van der Waals surface area contributed by atoms with Gasteiger partial charge in [0.05, 0.1) is 5.60 Å². The third-order valence-electron chi connectivity index (χ3n) is 3.82. The molecular weight excluding hydrogens is 254 g/mol. The van der Waals surface area contributed by atoms with E-state index in [0.717, 1.165) is 6.42 Å². The Morgan fingerprint density at radius 2 is 2.05 bits per heavy atom. The Morgan fingerprint density at radius 3 is 2.68 bits per heavy atom. The predicted molar refractivity (Wildman–Crippen MR) is 83.9 cm³/mol. The molecule has 3 heteroatoms. The Kier molecular flexibility index (Phi) is 4.29. The highest BCUT2D eigenvalue weighted by molar-refractivity contribution is 7.19. The van der Waals surface area contributed by atoms with Gasteiger partial charge in [0.1, 0.15) is 0 Å². The van der Waals surface area contributed by atoms with Crippen molar-refractivity contribution >= 4 is 21.4 Å². The van der Waals surface area contributed by atoms with Crippen molar-refractivity contribution in [2.24, 2.45) is 0 Å². The Morgan fingerprint density at radius 1 is 1.37 bits per heavy atom. The van der Waals surface area contributed by atoms with Crippen molar-refractivity contribution in [3.63, 3.8) is 0 Å². The van der Waals surface area contributed by atoms with Gasteiger partial charge in [-0.1, -0.05) is 25.1 Å². The van der Waals surface area contributed by atoms with Crippen LogP contribution in [0, 0.1) is 6.92 Å². The highest BCUT2D eigenvalue weighted by Gasteiger charge is 2.20. The molecule has 0 bridgehead atoms. The molecule has 0 aliphatic carbocycles. The van der Waals surface area contributed by atoms with E-state index in [9.17, 15) is 5.11 Å². The van der Waals surface area contributed by atoms with Crippen molar-refractivity contribution in [3.8, 4) is 0 Å². The molecular formula is C16H23NOS. The average molecular weight is 277 g/mol. The highest BCUT2D eigenvalue weighted by Crippen LogP contribution is 2.34. The second-order valence-electron chi connectivity index (χ2n) is 5.54. The van der Waals surface area contributed by atoms with Crippen molar-refractivity contribution in [3.05, 3.63) is 34.7 Å². The lowest BCUT2D eigenvalue weighted by Crippen LogP contribution is -2.38. The van der Waals surface area contributed by atoms with Gasteiger partial charge in [0.15, 0.2) is 0 Å². The van der Waals surface area contributed by atoms with Gasteiger partial charge >= 0.3 is 0 Å². The molecule has 0 fully saturated rings. The smallest absolute Gasteiger partial charge is 0.0741 e. The maximum atomic E-state index is 10.1. The summed E-state index contributed by atoms with van der Waals surface area (Å²) in [5, 5.41) is 14.9. The molecule has 2 rings (SSSR count). The van der Waals surface area contributed by atoms with Crippen LogP contribution in [0.2, 0.25) is 0 Å². The molecule has 2 unspecified atom stereocenters. The van der Waals surface area contributed by atoms with Crippen molar-refractivity contribution < 1.29 is 5.11 Å². The molecule has 0 amide bonds. The van der Waals surface area contributed by atoms with Crippen LogP contribution >= 0.6 is 11.3 Å². The van der Waals surface area contributed by atoms with E-state index in [-0.39, 0.29) is 6.04 Å². The fourth-order valence-corrected chi connectivity index (χ4v) is 3.43. The van der Waals surface area contributed by atoms with Crippen LogP contribution in [-0.2, 0) is 0 Å². The van der Waals surface area contributed by atoms with Gasteiger partial charge < -0.3 is 10.4 Å². The van der Waals surface area contributed by atoms with Crippen LogP contribution in [0.5, 0.6) is 0 Å². The zero-order chi connectivity index (χ0) is 14.0. The summed E-state index contributed by atoms with van der Waals surface area (Å²) in [6.07, 6.45) is 0.762. The first-order valence-electron chi connectivity index (χ1n) is 6.88. The van der Waals surface area contributed by atoms with Crippen LogP contribution < -0.4 is 5.32 Å². The van der Waals surface area contributed by atoms with E-state index in [1.54, 1.807) is 0 Å². The highest BCUT2D eigenvalue weighted by atomic mass is 32.1. The van der Waals surface area contributed by atoms with Crippen molar-refractivity contribution in [1.82, 2.24) is 5.32 Å². The van der Waals surface area contributed by atoms with Crippen LogP contribution in [0.4, 0.5) is 0 Å². The minimum absolute atomic E-state index is 0.274. The van der Waals surface area contributed by atoms with E-state index in [2.05, 4.69) is 43.4 Å². The summed E-state index contributed by atoms with van der Waals surface area (Å²) in [6, 6.07) is 8.80. The lowest BCUT2D eigenvalue weighted by Gasteiger charge is -2.24. The summed E-state index contributed by atoms with van der Waals surface area (Å²) < 4.78 is 1.34. The number of thiophene rings is 1. The molecule has 2 aromatic rings. The summed E-state index contributed by atoms with van der Waals surface area (Å²) in [5.41, 5.74) is 0.732. The second-order valence-corrected chi connectivity index (χ2v) is 6.62. The second kappa shape index (κ2) is 5.61. The largest absolute Gasteiger partial charge is 0.389 e. The first kappa shape index (κ1) is 14.5. The minimum Gasteiger partial charge on any atom is -0.389 e. The van der Waals surface area contributed by atoms with Gasteiger partial charge in [-0.15, -0.1) is 11.3 Å². The number of benzene rings is 1. The molecule has 19 heavy (non-hydrogen) atoms. The Labute approximate surface area is 119 Å². The van der Waals surface area contributed by atoms with E-state index in [4.69, 9.17) is 0 Å². The number of hydrogen-bond acceptors (Lipinski definition) is 3. The molecule has 0 saturated heterocycles. The van der Waals surface area contributed by atoms with Crippen LogP contribution in [-0.4, -0.2) is 17.3 Å². The predicted octanol–water partition coefficient (Wildman–Crippen LogP) is 4.02. The molecule has 0 aliphatic rings. The van der Waals surface area contributed by atoms with Gasteiger partial charge in [0.25, 0.3) is 0 Å². The molecule has 2 atom stereocenters. The summed E-state index contributed by atoms with van der Waals surface area (Å²) in [6.45, 7) is 8.87. The zero-order valence-electron chi connectivity index (χ0n) is 12.2. The molecule has 1 aromatic carbocycles. The molecule has 0 aliphatic heterocycles. The maximum Gasteiger partial charge on any atom is 0.0741 e. The van der Waals surface area contributed by atoms with Gasteiger partial charge in [0, 0.05) is 22.2 Å². The first-order valence-corrected chi connectivity index (χ1v) is 7.70. The van der Waals surface area contributed by atoms with E-state index in [1.807, 2.05) is 25.2 Å². The van der Waals surface area contributed by atoms with Crippen molar-refractivity contribution in [2.75, 3.05) is 6.54 Å². The summed E-state index contributed by atoms with van der Waals surface area (Å²) in [7, 11) is 0. The average Bonchev–Trinajstić information content (AvgIpc) is 2.74. The van der Waals surface area contributed by atoms with Crippen LogP contribution in [0.25, 0.3) is 10.1 Å². The molecule has 0 spiro atoms. The lowest BCUT2D eigenvalue weighted by molar-refractivity contribution is 0.0534. The molecule has 1 heterocycles. The molecule has 2 nitrogen and oxygen atoms in total. The third-order valence-corrected chi connectivity index (χ3v) is 5.28. The van der Waals surface area contributed by atoms with Crippen molar-refractivity contribution in [2.45, 2.75) is 45.8 Å². The van der Waals surface area contributed by atoms with Gasteiger partial charge in [-0.2, -0.15) is 0 Å². The van der Waals surface area contributed by atoms with E-state index in [0.29, 0.717) is 6.54 Å². The molecule has 0 saturated carbocycles. The molecule has 104 valence electrons. The van der Waals surface area contributed by atoms with Crippen molar-refractivity contribution in [1.29, 1.82) is 0 Å². The van der Waals surface area contributed by atoms with Gasteiger partial charge in [0.2, 0.25) is 0 Å². The normalized spacial score (nSPS) is 16.5. The van der Waals surface area contributed by atoms with Crippen LogP contribution in [0.1, 0.15) is 43.7 Å². The Bertz CT molecular complexity index is 559. The lowest BCUT2D eigenvalue weighted by atomic mass is 10.0. The van der Waals surface area contributed by atoms with Crippen LogP contribution in [0.3, 0.4) is 0 Å². The number of nitrogens with one attached hydrogen (secondary N) is 1. The maximum absolute atomic E-state index is 10.1. The quantitative estimate of drug-likeness (QED) is 0.865. The van der Waals surface area contributed by atoms with Crippen LogP contribution in [0.15, 0.2) is 24.3 Å². The number of rotatable bonds is 5. The Hall–Kier alpha value is -0.900. The SMILES string of the molecule is CCC(C)(O)CNC(C)c1sc2ccccc2c1C. The van der Waals surface area contributed by atoms with E-state index < -0.39 is 5.60 Å². The minimum atomic E-state index is -0.626. The van der Waals surface area contributed by atoms with Gasteiger partial charge in [-0.3, -0.25) is 0 Å². The van der Waals surface area contributed by atoms with E-state index in [1.165, 1.54) is 20.5 Å². The van der Waals surface area contributed by atoms with Gasteiger partial charge in [-0.25, -0.2) is 0 Å². The summed E-state index contributed by atoms with van der Waals surface area (Å²) >= 11 is 1.85. The number of aliphatic hydroxyl groups is 1. The summed E-state index contributed by atoms with van der Waals surface area (Å²) in [4.78, 5) is 1.37. The third kappa shape index (κ3) is 3.16. The Balaban J connectivity index is 2.17. The topological polar surface area (TPSA) is 32.3 Å². The monoisotopic (exact) mass is 277 g/mol. The molecule has 1 aromatic heterocycles. The number of hydrogen-bond donors (Lipinski definition) is 2. The first-order chi connectivity index (χ1) is 8.94. The molecule has 0 radical (unpaired) electrons. The fourth-order valence-electron chi connectivity index (χ4n) is 2.20. The zero-order valence-corrected chi connectivity index (χ0v) is 13.0. The van der Waals surface area contributed by atoms with E-state index >= 15 is 0 Å². The molecule has 2 N–H and O–H groups in total. The number of fused-ring (bicyclic) bond motifs is 1. The standard InChI is InChI=1S/C16H23NOS/c1-5-16(4,18)10-17-12(3)15-11(2)13-8-6-7-9-14(13)19-15/h6-9,12,17-18H,5,10H2,1-4H3. The summed E-state index contributed by atoms with van der Waals surface area (Å²) in [5.74, 6) is 0. The fraction of sp³-hybridized carbons (Fsp3) is 0.500. The number of aryl methyl sites for hydroxylation is 1. The van der Waals surface area contributed by atoms with Gasteiger partial charge in [-0.05, 0) is 44.2 Å².